The highest BCUT2D eigenvalue weighted by molar-refractivity contribution is 5.80. The van der Waals surface area contributed by atoms with Crippen molar-refractivity contribution in [3.63, 3.8) is 0 Å². The second kappa shape index (κ2) is 8.20. The van der Waals surface area contributed by atoms with Crippen LogP contribution >= 0.6 is 0 Å². The zero-order chi connectivity index (χ0) is 19.3. The van der Waals surface area contributed by atoms with Crippen molar-refractivity contribution in [2.45, 2.75) is 12.6 Å². The third kappa shape index (κ3) is 3.73. The number of methoxy groups -OCH3 is 1. The van der Waals surface area contributed by atoms with Crippen LogP contribution in [0.1, 0.15) is 17.2 Å². The summed E-state index contributed by atoms with van der Waals surface area (Å²) in [6.45, 7) is 0.941. The summed E-state index contributed by atoms with van der Waals surface area (Å²) in [6, 6.07) is 11.4. The second-order valence-electron chi connectivity index (χ2n) is 6.56. The normalized spacial score (nSPS) is 18.8. The second-order valence-corrected chi connectivity index (χ2v) is 6.56. The van der Waals surface area contributed by atoms with Gasteiger partial charge in [-0.15, -0.1) is 0 Å². The Morgan fingerprint density at radius 1 is 1.32 bits per heavy atom. The number of carbonyl (C=O) groups is 1. The van der Waals surface area contributed by atoms with Gasteiger partial charge < -0.3 is 10.1 Å². The summed E-state index contributed by atoms with van der Waals surface area (Å²) in [6.07, 6.45) is 6.95. The first-order chi connectivity index (χ1) is 13.8. The molecule has 1 aliphatic heterocycles. The molecule has 3 N–H and O–H groups in total. The van der Waals surface area contributed by atoms with Crippen LogP contribution in [0.2, 0.25) is 0 Å². The SMILES string of the molecule is COc1cccc(C2NNCC2C(=O)NCc2cccnc2-n2ccnc2)c1. The van der Waals surface area contributed by atoms with E-state index in [1.54, 1.807) is 25.8 Å². The molecule has 1 amide bonds. The fraction of sp³-hybridized carbons (Fsp3) is 0.250. The van der Waals surface area contributed by atoms with Crippen molar-refractivity contribution in [3.8, 4) is 11.6 Å². The molecule has 2 aromatic heterocycles. The van der Waals surface area contributed by atoms with Gasteiger partial charge in [-0.3, -0.25) is 14.8 Å². The number of carbonyl (C=O) groups excluding carboxylic acids is 1. The molecule has 0 aliphatic carbocycles. The van der Waals surface area contributed by atoms with Gasteiger partial charge in [-0.25, -0.2) is 15.4 Å². The minimum atomic E-state index is -0.236. The van der Waals surface area contributed by atoms with Crippen molar-refractivity contribution < 1.29 is 9.53 Å². The number of nitrogens with zero attached hydrogens (tertiary/aromatic N) is 3. The fourth-order valence-electron chi connectivity index (χ4n) is 3.39. The van der Waals surface area contributed by atoms with Gasteiger partial charge in [-0.1, -0.05) is 18.2 Å². The number of benzene rings is 1. The topological polar surface area (TPSA) is 93.1 Å². The maximum atomic E-state index is 12.9. The first-order valence-corrected chi connectivity index (χ1v) is 9.08. The third-order valence-corrected chi connectivity index (χ3v) is 4.84. The predicted molar refractivity (Wildman–Crippen MR) is 104 cm³/mol. The average molecular weight is 378 g/mol. The number of aromatic nitrogens is 3. The van der Waals surface area contributed by atoms with E-state index in [1.807, 2.05) is 47.2 Å². The largest absolute Gasteiger partial charge is 0.497 e. The maximum Gasteiger partial charge on any atom is 0.226 e. The molecule has 3 heterocycles. The van der Waals surface area contributed by atoms with E-state index in [2.05, 4.69) is 26.1 Å². The Labute approximate surface area is 162 Å². The Kier molecular flexibility index (Phi) is 5.31. The summed E-state index contributed by atoms with van der Waals surface area (Å²) >= 11 is 0. The van der Waals surface area contributed by atoms with Gasteiger partial charge in [0.25, 0.3) is 0 Å². The van der Waals surface area contributed by atoms with Crippen LogP contribution in [0.15, 0.2) is 61.3 Å². The summed E-state index contributed by atoms with van der Waals surface area (Å²) in [5.41, 5.74) is 8.22. The Balaban J connectivity index is 1.47. The molecule has 8 nitrogen and oxygen atoms in total. The van der Waals surface area contributed by atoms with Gasteiger partial charge in [0.2, 0.25) is 5.91 Å². The molecule has 0 radical (unpaired) electrons. The zero-order valence-corrected chi connectivity index (χ0v) is 15.5. The Hall–Kier alpha value is -3.23. The first kappa shape index (κ1) is 18.1. The van der Waals surface area contributed by atoms with E-state index in [9.17, 15) is 4.79 Å². The lowest BCUT2D eigenvalue weighted by molar-refractivity contribution is -0.125. The van der Waals surface area contributed by atoms with Crippen molar-refractivity contribution in [2.75, 3.05) is 13.7 Å². The molecule has 8 heteroatoms. The molecular weight excluding hydrogens is 356 g/mol. The molecule has 0 saturated carbocycles. The molecule has 0 spiro atoms. The fourth-order valence-corrected chi connectivity index (χ4v) is 3.39. The number of ether oxygens (including phenoxy) is 1. The van der Waals surface area contributed by atoms with Crippen molar-refractivity contribution in [2.24, 2.45) is 5.92 Å². The molecule has 4 rings (SSSR count). The number of nitrogens with one attached hydrogen (secondary N) is 3. The lowest BCUT2D eigenvalue weighted by Crippen LogP contribution is -2.35. The monoisotopic (exact) mass is 378 g/mol. The van der Waals surface area contributed by atoms with Gasteiger partial charge in [0, 0.05) is 37.2 Å². The summed E-state index contributed by atoms with van der Waals surface area (Å²) in [5, 5.41) is 3.05. The van der Waals surface area contributed by atoms with Crippen LogP contribution in [0.3, 0.4) is 0 Å². The van der Waals surface area contributed by atoms with Gasteiger partial charge in [0.15, 0.2) is 0 Å². The molecule has 1 fully saturated rings. The molecule has 0 bridgehead atoms. The number of hydrogen-bond donors (Lipinski definition) is 3. The lowest BCUT2D eigenvalue weighted by atomic mass is 9.94. The molecule has 2 unspecified atom stereocenters. The quantitative estimate of drug-likeness (QED) is 0.600. The number of pyridine rings is 1. The minimum Gasteiger partial charge on any atom is -0.497 e. The van der Waals surface area contributed by atoms with Crippen LogP contribution in [-0.4, -0.2) is 34.1 Å². The van der Waals surface area contributed by atoms with Crippen molar-refractivity contribution in [1.29, 1.82) is 0 Å². The predicted octanol–water partition coefficient (Wildman–Crippen LogP) is 1.36. The van der Waals surface area contributed by atoms with Gasteiger partial charge in [0.1, 0.15) is 17.9 Å². The molecule has 1 aromatic carbocycles. The van der Waals surface area contributed by atoms with E-state index in [0.717, 1.165) is 22.7 Å². The minimum absolute atomic E-state index is 0.0224. The van der Waals surface area contributed by atoms with Crippen molar-refractivity contribution >= 4 is 5.91 Å². The first-order valence-electron chi connectivity index (χ1n) is 9.08. The Bertz CT molecular complexity index is 943. The highest BCUT2D eigenvalue weighted by atomic mass is 16.5. The maximum absolute atomic E-state index is 12.9. The van der Waals surface area contributed by atoms with Crippen LogP contribution < -0.4 is 20.9 Å². The lowest BCUT2D eigenvalue weighted by Gasteiger charge is -2.19. The van der Waals surface area contributed by atoms with Crippen LogP contribution in [0.25, 0.3) is 5.82 Å². The standard InChI is InChI=1S/C20H22N6O2/c1-28-16-6-2-4-14(10-16)18-17(12-24-25-18)20(27)23-11-15-5-3-7-22-19(15)26-9-8-21-13-26/h2-10,13,17-18,24-25H,11-12H2,1H3,(H,23,27). The zero-order valence-electron chi connectivity index (χ0n) is 15.5. The van der Waals surface area contributed by atoms with Crippen LogP contribution in [0, 0.1) is 5.92 Å². The van der Waals surface area contributed by atoms with Crippen molar-refractivity contribution in [1.82, 2.24) is 30.7 Å². The van der Waals surface area contributed by atoms with Gasteiger partial charge in [0.05, 0.1) is 19.1 Å². The van der Waals surface area contributed by atoms with E-state index < -0.39 is 0 Å². The van der Waals surface area contributed by atoms with E-state index in [0.29, 0.717) is 13.1 Å². The molecule has 144 valence electrons. The van der Waals surface area contributed by atoms with E-state index >= 15 is 0 Å². The molecular formula is C20H22N6O2. The third-order valence-electron chi connectivity index (χ3n) is 4.84. The molecule has 28 heavy (non-hydrogen) atoms. The van der Waals surface area contributed by atoms with E-state index in [4.69, 9.17) is 4.74 Å². The highest BCUT2D eigenvalue weighted by Gasteiger charge is 2.34. The smallest absolute Gasteiger partial charge is 0.226 e. The van der Waals surface area contributed by atoms with E-state index in [-0.39, 0.29) is 17.9 Å². The number of imidazole rings is 1. The summed E-state index contributed by atoms with van der Waals surface area (Å²) in [7, 11) is 1.63. The van der Waals surface area contributed by atoms with Crippen LogP contribution in [0.5, 0.6) is 5.75 Å². The summed E-state index contributed by atoms with van der Waals surface area (Å²) < 4.78 is 7.13. The molecule has 3 aromatic rings. The number of hydrazine groups is 1. The summed E-state index contributed by atoms with van der Waals surface area (Å²) in [5.74, 6) is 1.27. The Morgan fingerprint density at radius 2 is 2.25 bits per heavy atom. The molecule has 1 aliphatic rings. The Morgan fingerprint density at radius 3 is 3.07 bits per heavy atom. The molecule has 2 atom stereocenters. The van der Waals surface area contributed by atoms with Crippen molar-refractivity contribution in [3.05, 3.63) is 72.4 Å². The molecule has 1 saturated heterocycles. The number of hydrogen-bond acceptors (Lipinski definition) is 6. The van der Waals surface area contributed by atoms with Gasteiger partial charge >= 0.3 is 0 Å². The van der Waals surface area contributed by atoms with Gasteiger partial charge in [-0.05, 0) is 23.8 Å². The average Bonchev–Trinajstić information content (AvgIpc) is 3.44. The summed E-state index contributed by atoms with van der Waals surface area (Å²) in [4.78, 5) is 21.4. The van der Waals surface area contributed by atoms with Crippen LogP contribution in [0.4, 0.5) is 0 Å². The number of amides is 1. The highest BCUT2D eigenvalue weighted by Crippen LogP contribution is 2.27. The van der Waals surface area contributed by atoms with Crippen LogP contribution in [-0.2, 0) is 11.3 Å². The number of rotatable bonds is 6. The van der Waals surface area contributed by atoms with Gasteiger partial charge in [-0.2, -0.15) is 0 Å². The van der Waals surface area contributed by atoms with E-state index in [1.165, 1.54) is 0 Å².